The minimum atomic E-state index is 0.0379. The Morgan fingerprint density at radius 3 is 2.55 bits per heavy atom. The molecule has 166 valence electrons. The van der Waals surface area contributed by atoms with Crippen LogP contribution in [0.3, 0.4) is 0 Å². The van der Waals surface area contributed by atoms with Crippen LogP contribution in [0.1, 0.15) is 89.5 Å². The summed E-state index contributed by atoms with van der Waals surface area (Å²) in [6.45, 7) is 4.26. The number of hydrogen-bond donors (Lipinski definition) is 0. The van der Waals surface area contributed by atoms with Crippen molar-refractivity contribution >= 4 is 11.9 Å². The summed E-state index contributed by atoms with van der Waals surface area (Å²) in [5.41, 5.74) is 2.32. The van der Waals surface area contributed by atoms with E-state index in [1.165, 1.54) is 56.9 Å². The van der Waals surface area contributed by atoms with Gasteiger partial charge in [-0.15, -0.1) is 5.10 Å². The Morgan fingerprint density at radius 1 is 1.06 bits per heavy atom. The van der Waals surface area contributed by atoms with Crippen LogP contribution in [0.25, 0.3) is 11.4 Å². The van der Waals surface area contributed by atoms with Crippen LogP contribution in [0.2, 0.25) is 0 Å². The number of unbranched alkanes of at least 4 members (excludes halogenated alkanes) is 1. The Bertz CT molecular complexity index is 925. The van der Waals surface area contributed by atoms with Crippen molar-refractivity contribution in [3.63, 3.8) is 0 Å². The van der Waals surface area contributed by atoms with Crippen molar-refractivity contribution in [3.05, 3.63) is 29.8 Å². The first kappa shape index (κ1) is 20.7. The van der Waals surface area contributed by atoms with Crippen molar-refractivity contribution in [2.75, 3.05) is 4.90 Å². The molecule has 1 aromatic heterocycles. The highest BCUT2D eigenvalue weighted by atomic mass is 16.2. The van der Waals surface area contributed by atoms with E-state index < -0.39 is 0 Å². The summed E-state index contributed by atoms with van der Waals surface area (Å²) in [4.78, 5) is 20.6. The summed E-state index contributed by atoms with van der Waals surface area (Å²) >= 11 is 0. The molecule has 2 unspecified atom stereocenters. The van der Waals surface area contributed by atoms with Crippen molar-refractivity contribution in [2.24, 2.45) is 5.92 Å². The molecule has 0 bridgehead atoms. The lowest BCUT2D eigenvalue weighted by Gasteiger charge is -2.55. The van der Waals surface area contributed by atoms with Crippen LogP contribution in [-0.2, 0) is 10.3 Å². The lowest BCUT2D eigenvalue weighted by Crippen LogP contribution is -2.61. The molecule has 5 heteroatoms. The van der Waals surface area contributed by atoms with Crippen LogP contribution >= 0.6 is 0 Å². The SMILES string of the molecule is CCCCC(=O)N1c2nc(-c3ccc(C)cc3)nn2C2(CCCCC2)C2CCCCC21. The lowest BCUT2D eigenvalue weighted by atomic mass is 9.64. The molecule has 31 heavy (non-hydrogen) atoms. The van der Waals surface area contributed by atoms with E-state index in [-0.39, 0.29) is 11.4 Å². The fourth-order valence-electron chi connectivity index (χ4n) is 6.43. The summed E-state index contributed by atoms with van der Waals surface area (Å²) < 4.78 is 2.23. The molecule has 1 spiro atoms. The molecule has 2 saturated carbocycles. The van der Waals surface area contributed by atoms with Crippen molar-refractivity contribution in [3.8, 4) is 11.4 Å². The van der Waals surface area contributed by atoms with Gasteiger partial charge in [0.05, 0.1) is 5.54 Å². The summed E-state index contributed by atoms with van der Waals surface area (Å²) in [6, 6.07) is 8.76. The average Bonchev–Trinajstić information content (AvgIpc) is 3.25. The van der Waals surface area contributed by atoms with Crippen molar-refractivity contribution in [2.45, 2.75) is 102 Å². The Labute approximate surface area is 186 Å². The molecule has 2 aromatic rings. The van der Waals surface area contributed by atoms with Gasteiger partial charge in [-0.1, -0.05) is 75.3 Å². The molecule has 0 N–H and O–H groups in total. The van der Waals surface area contributed by atoms with Crippen LogP contribution in [0, 0.1) is 12.8 Å². The van der Waals surface area contributed by atoms with Gasteiger partial charge in [0.2, 0.25) is 11.9 Å². The Balaban J connectivity index is 1.65. The molecule has 3 aliphatic rings. The molecule has 2 atom stereocenters. The third-order valence-electron chi connectivity index (χ3n) is 8.02. The second kappa shape index (κ2) is 8.40. The molecule has 1 aromatic carbocycles. The van der Waals surface area contributed by atoms with E-state index in [9.17, 15) is 4.79 Å². The summed E-state index contributed by atoms with van der Waals surface area (Å²) in [6.07, 6.45) is 13.6. The first-order valence-electron chi connectivity index (χ1n) is 12.5. The van der Waals surface area contributed by atoms with Gasteiger partial charge in [0, 0.05) is 23.9 Å². The highest BCUT2D eigenvalue weighted by molar-refractivity contribution is 5.93. The molecule has 1 aliphatic heterocycles. The van der Waals surface area contributed by atoms with Crippen molar-refractivity contribution < 1.29 is 4.79 Å². The largest absolute Gasteiger partial charge is 0.277 e. The number of amides is 1. The molecular weight excluding hydrogens is 384 g/mol. The predicted octanol–water partition coefficient (Wildman–Crippen LogP) is 6.01. The average molecular weight is 421 g/mol. The summed E-state index contributed by atoms with van der Waals surface area (Å²) in [5.74, 6) is 2.34. The molecular formula is C26H36N4O. The third-order valence-corrected chi connectivity index (χ3v) is 8.02. The van der Waals surface area contributed by atoms with Gasteiger partial charge in [-0.05, 0) is 39.0 Å². The van der Waals surface area contributed by atoms with Crippen LogP contribution in [0.5, 0.6) is 0 Å². The van der Waals surface area contributed by atoms with Gasteiger partial charge in [-0.25, -0.2) is 4.68 Å². The zero-order valence-electron chi connectivity index (χ0n) is 19.1. The Kier molecular flexibility index (Phi) is 5.61. The fraction of sp³-hybridized carbons (Fsp3) is 0.654. The maximum Gasteiger partial charge on any atom is 0.231 e. The topological polar surface area (TPSA) is 51.0 Å². The van der Waals surface area contributed by atoms with Gasteiger partial charge in [0.25, 0.3) is 0 Å². The molecule has 2 aliphatic carbocycles. The predicted molar refractivity (Wildman–Crippen MR) is 124 cm³/mol. The van der Waals surface area contributed by atoms with E-state index in [4.69, 9.17) is 10.1 Å². The van der Waals surface area contributed by atoms with Crippen molar-refractivity contribution in [1.82, 2.24) is 14.8 Å². The zero-order chi connectivity index (χ0) is 21.4. The van der Waals surface area contributed by atoms with E-state index in [1.807, 2.05) is 0 Å². The first-order chi connectivity index (χ1) is 15.1. The number of hydrogen-bond acceptors (Lipinski definition) is 3. The highest BCUT2D eigenvalue weighted by Crippen LogP contribution is 2.53. The highest BCUT2D eigenvalue weighted by Gasteiger charge is 2.54. The van der Waals surface area contributed by atoms with Crippen molar-refractivity contribution in [1.29, 1.82) is 0 Å². The smallest absolute Gasteiger partial charge is 0.231 e. The van der Waals surface area contributed by atoms with E-state index in [2.05, 4.69) is 47.7 Å². The second-order valence-corrected chi connectivity index (χ2v) is 10.0. The van der Waals surface area contributed by atoms with Crippen LogP contribution in [0.15, 0.2) is 24.3 Å². The minimum absolute atomic E-state index is 0.0379. The van der Waals surface area contributed by atoms with Crippen LogP contribution in [-0.4, -0.2) is 26.7 Å². The number of aromatic nitrogens is 3. The number of aryl methyl sites for hydroxylation is 1. The number of benzene rings is 1. The summed E-state index contributed by atoms with van der Waals surface area (Å²) in [7, 11) is 0. The molecule has 5 nitrogen and oxygen atoms in total. The van der Waals surface area contributed by atoms with E-state index in [0.717, 1.165) is 36.6 Å². The molecule has 1 amide bonds. The Hall–Kier alpha value is -2.17. The number of rotatable bonds is 4. The summed E-state index contributed by atoms with van der Waals surface area (Å²) in [5, 5.41) is 5.14. The van der Waals surface area contributed by atoms with Gasteiger partial charge >= 0.3 is 0 Å². The van der Waals surface area contributed by atoms with Gasteiger partial charge in [0.15, 0.2) is 5.82 Å². The van der Waals surface area contributed by atoms with E-state index in [1.54, 1.807) is 0 Å². The molecule has 5 rings (SSSR count). The van der Waals surface area contributed by atoms with Gasteiger partial charge in [0.1, 0.15) is 0 Å². The zero-order valence-corrected chi connectivity index (χ0v) is 19.1. The molecule has 0 radical (unpaired) electrons. The maximum atomic E-state index is 13.5. The van der Waals surface area contributed by atoms with Gasteiger partial charge in [-0.2, -0.15) is 4.98 Å². The quantitative estimate of drug-likeness (QED) is 0.609. The number of anilines is 1. The van der Waals surface area contributed by atoms with E-state index in [0.29, 0.717) is 18.4 Å². The molecule has 0 saturated heterocycles. The van der Waals surface area contributed by atoms with Gasteiger partial charge < -0.3 is 0 Å². The molecule has 2 heterocycles. The normalized spacial score (nSPS) is 24.6. The number of carbonyl (C=O) groups excluding carboxylic acids is 1. The lowest BCUT2D eigenvalue weighted by molar-refractivity contribution is -0.121. The standard InChI is InChI=1S/C26H36N4O/c1-3-4-12-23(31)29-22-11-7-6-10-21(22)26(17-8-5-9-18-26)30-25(29)27-24(28-30)20-15-13-19(2)14-16-20/h13-16,21-22H,3-12,17-18H2,1-2H3. The molecule has 2 fully saturated rings. The maximum absolute atomic E-state index is 13.5. The number of fused-ring (bicyclic) bond motifs is 4. The first-order valence-corrected chi connectivity index (χ1v) is 12.5. The fourth-order valence-corrected chi connectivity index (χ4v) is 6.43. The second-order valence-electron chi connectivity index (χ2n) is 10.0. The number of nitrogens with zero attached hydrogens (tertiary/aromatic N) is 4. The van der Waals surface area contributed by atoms with E-state index >= 15 is 0 Å². The number of carbonyl (C=O) groups is 1. The monoisotopic (exact) mass is 420 g/mol. The minimum Gasteiger partial charge on any atom is -0.277 e. The van der Waals surface area contributed by atoms with Crippen LogP contribution < -0.4 is 4.90 Å². The Morgan fingerprint density at radius 2 is 1.81 bits per heavy atom. The van der Waals surface area contributed by atoms with Crippen LogP contribution in [0.4, 0.5) is 5.95 Å². The van der Waals surface area contributed by atoms with Gasteiger partial charge in [-0.3, -0.25) is 9.69 Å². The third kappa shape index (κ3) is 3.50.